The molecular formula is C20H26F3NO3. The van der Waals surface area contributed by atoms with Crippen LogP contribution >= 0.6 is 0 Å². The summed E-state index contributed by atoms with van der Waals surface area (Å²) in [6.07, 6.45) is 2.60. The van der Waals surface area contributed by atoms with Gasteiger partial charge in [0.05, 0.1) is 5.69 Å². The molecule has 1 spiro atoms. The molecule has 1 N–H and O–H groups in total. The molecule has 1 aliphatic carbocycles. The van der Waals surface area contributed by atoms with Crippen molar-refractivity contribution >= 4 is 11.7 Å². The van der Waals surface area contributed by atoms with Crippen LogP contribution in [-0.2, 0) is 4.79 Å². The van der Waals surface area contributed by atoms with E-state index in [9.17, 15) is 18.0 Å². The van der Waals surface area contributed by atoms with Crippen molar-refractivity contribution in [3.63, 3.8) is 0 Å². The molecule has 4 nitrogen and oxygen atoms in total. The van der Waals surface area contributed by atoms with E-state index in [0.717, 1.165) is 44.6 Å². The third kappa shape index (κ3) is 5.08. The van der Waals surface area contributed by atoms with Gasteiger partial charge in [-0.25, -0.2) is 4.39 Å². The van der Waals surface area contributed by atoms with Gasteiger partial charge in [0, 0.05) is 32.5 Å². The van der Waals surface area contributed by atoms with E-state index in [2.05, 4.69) is 4.74 Å². The second-order valence-corrected chi connectivity index (χ2v) is 8.05. The fourth-order valence-corrected chi connectivity index (χ4v) is 4.47. The van der Waals surface area contributed by atoms with E-state index in [1.54, 1.807) is 0 Å². The minimum absolute atomic E-state index is 0.0478. The lowest BCUT2D eigenvalue weighted by atomic mass is 9.65. The predicted octanol–water partition coefficient (Wildman–Crippen LogP) is 5.07. The number of hydrogen-bond acceptors (Lipinski definition) is 3. The maximum atomic E-state index is 14.3. The Hall–Kier alpha value is -1.92. The van der Waals surface area contributed by atoms with E-state index in [4.69, 9.17) is 5.11 Å². The van der Waals surface area contributed by atoms with Gasteiger partial charge in [-0.3, -0.25) is 4.79 Å². The van der Waals surface area contributed by atoms with E-state index in [1.807, 2.05) is 4.90 Å². The first-order valence-corrected chi connectivity index (χ1v) is 9.49. The molecule has 27 heavy (non-hydrogen) atoms. The maximum absolute atomic E-state index is 14.3. The molecule has 0 bridgehead atoms. The lowest BCUT2D eigenvalue weighted by Gasteiger charge is -2.46. The van der Waals surface area contributed by atoms with Crippen molar-refractivity contribution in [2.75, 3.05) is 18.0 Å². The van der Waals surface area contributed by atoms with E-state index in [1.165, 1.54) is 12.1 Å². The first-order valence-electron chi connectivity index (χ1n) is 9.49. The standard InChI is InChI=1S/C20H26F3NO3/c1-19(22,23)27-15-2-3-16(21)17(13-15)24-10-8-20(9-11-24)6-4-14(5-7-20)12-18(25)26/h2-3,13-14H,4-12H2,1H3,(H,25,26). The Labute approximate surface area is 157 Å². The normalized spacial score (nSPS) is 20.7. The van der Waals surface area contributed by atoms with Gasteiger partial charge >= 0.3 is 12.1 Å². The van der Waals surface area contributed by atoms with Crippen molar-refractivity contribution in [3.05, 3.63) is 24.0 Å². The number of hydrogen-bond donors (Lipinski definition) is 1. The van der Waals surface area contributed by atoms with Crippen LogP contribution in [-0.4, -0.2) is 30.3 Å². The largest absolute Gasteiger partial charge is 0.481 e. The number of carboxylic acid groups (broad SMARTS) is 1. The highest BCUT2D eigenvalue weighted by atomic mass is 19.3. The number of ether oxygens (including phenoxy) is 1. The Morgan fingerprint density at radius 3 is 2.44 bits per heavy atom. The average molecular weight is 385 g/mol. The van der Waals surface area contributed by atoms with Crippen molar-refractivity contribution in [2.24, 2.45) is 11.3 Å². The summed E-state index contributed by atoms with van der Waals surface area (Å²) in [6, 6.07) is 3.72. The number of benzene rings is 1. The van der Waals surface area contributed by atoms with E-state index < -0.39 is 17.9 Å². The number of nitrogens with zero attached hydrogens (tertiary/aromatic N) is 1. The van der Waals surface area contributed by atoms with Crippen LogP contribution in [0.25, 0.3) is 0 Å². The highest BCUT2D eigenvalue weighted by molar-refractivity contribution is 5.67. The third-order valence-corrected chi connectivity index (χ3v) is 6.01. The van der Waals surface area contributed by atoms with E-state index >= 15 is 0 Å². The molecule has 1 saturated heterocycles. The number of alkyl halides is 2. The SMILES string of the molecule is CC(F)(F)Oc1ccc(F)c(N2CCC3(CCC(CC(=O)O)CC3)CC2)c1. The van der Waals surface area contributed by atoms with Gasteiger partial charge in [-0.2, -0.15) is 8.78 Å². The highest BCUT2D eigenvalue weighted by Gasteiger charge is 2.39. The van der Waals surface area contributed by atoms with Crippen LogP contribution < -0.4 is 9.64 Å². The molecule has 150 valence electrons. The quantitative estimate of drug-likeness (QED) is 0.769. The van der Waals surface area contributed by atoms with Gasteiger partial charge in [-0.15, -0.1) is 0 Å². The van der Waals surface area contributed by atoms with Crippen LogP contribution in [0, 0.1) is 17.2 Å². The number of rotatable bonds is 5. The fraction of sp³-hybridized carbons (Fsp3) is 0.650. The number of halogens is 3. The Bertz CT molecular complexity index is 672. The summed E-state index contributed by atoms with van der Waals surface area (Å²) in [4.78, 5) is 12.8. The zero-order valence-corrected chi connectivity index (χ0v) is 15.5. The number of carbonyl (C=O) groups is 1. The van der Waals surface area contributed by atoms with Gasteiger partial charge in [0.15, 0.2) is 0 Å². The van der Waals surface area contributed by atoms with Crippen molar-refractivity contribution < 1.29 is 27.8 Å². The minimum atomic E-state index is -3.31. The van der Waals surface area contributed by atoms with Gasteiger partial charge in [0.1, 0.15) is 11.6 Å². The molecule has 2 aliphatic rings. The van der Waals surface area contributed by atoms with Gasteiger partial charge in [-0.1, -0.05) is 0 Å². The van der Waals surface area contributed by atoms with Crippen molar-refractivity contribution in [2.45, 2.75) is 58.0 Å². The molecule has 3 rings (SSSR count). The molecule has 1 saturated carbocycles. The zero-order chi connectivity index (χ0) is 19.7. The number of piperidine rings is 1. The monoisotopic (exact) mass is 385 g/mol. The Kier molecular flexibility index (Phi) is 5.58. The minimum Gasteiger partial charge on any atom is -0.481 e. The Morgan fingerprint density at radius 2 is 1.89 bits per heavy atom. The van der Waals surface area contributed by atoms with Crippen LogP contribution in [0.3, 0.4) is 0 Å². The lowest BCUT2D eigenvalue weighted by Crippen LogP contribution is -2.42. The van der Waals surface area contributed by atoms with E-state index in [0.29, 0.717) is 25.7 Å². The van der Waals surface area contributed by atoms with E-state index in [-0.39, 0.29) is 23.5 Å². The summed E-state index contributed by atoms with van der Waals surface area (Å²) in [5, 5.41) is 8.95. The van der Waals surface area contributed by atoms with Crippen molar-refractivity contribution in [3.8, 4) is 5.75 Å². The Morgan fingerprint density at radius 1 is 1.26 bits per heavy atom. The van der Waals surface area contributed by atoms with Crippen molar-refractivity contribution in [1.29, 1.82) is 0 Å². The molecule has 1 heterocycles. The number of carboxylic acids is 1. The van der Waals surface area contributed by atoms with Crippen LogP contribution in [0.15, 0.2) is 18.2 Å². The summed E-state index contributed by atoms with van der Waals surface area (Å²) < 4.78 is 45.0. The predicted molar refractivity (Wildman–Crippen MR) is 95.7 cm³/mol. The summed E-state index contributed by atoms with van der Waals surface area (Å²) in [5.41, 5.74) is 0.498. The second-order valence-electron chi connectivity index (χ2n) is 8.05. The topological polar surface area (TPSA) is 49.8 Å². The van der Waals surface area contributed by atoms with Gasteiger partial charge < -0.3 is 14.7 Å². The third-order valence-electron chi connectivity index (χ3n) is 6.01. The molecule has 0 unspecified atom stereocenters. The molecule has 0 aromatic heterocycles. The molecule has 1 aromatic rings. The molecule has 0 atom stereocenters. The molecule has 0 radical (unpaired) electrons. The van der Waals surface area contributed by atoms with Crippen LogP contribution in [0.4, 0.5) is 18.9 Å². The van der Waals surface area contributed by atoms with Crippen LogP contribution in [0.2, 0.25) is 0 Å². The first-order chi connectivity index (χ1) is 12.7. The molecule has 1 aliphatic heterocycles. The summed E-state index contributed by atoms with van der Waals surface area (Å²) in [7, 11) is 0. The summed E-state index contributed by atoms with van der Waals surface area (Å²) in [6.45, 7) is 1.97. The van der Waals surface area contributed by atoms with Crippen LogP contribution in [0.5, 0.6) is 5.75 Å². The molecule has 7 heteroatoms. The van der Waals surface area contributed by atoms with Crippen molar-refractivity contribution in [1.82, 2.24) is 0 Å². The number of anilines is 1. The molecule has 1 aromatic carbocycles. The Balaban J connectivity index is 1.61. The lowest BCUT2D eigenvalue weighted by molar-refractivity contribution is -0.159. The van der Waals surface area contributed by atoms with Gasteiger partial charge in [-0.05, 0) is 62.0 Å². The smallest absolute Gasteiger partial charge is 0.394 e. The summed E-state index contributed by atoms with van der Waals surface area (Å²) >= 11 is 0. The van der Waals surface area contributed by atoms with Gasteiger partial charge in [0.2, 0.25) is 0 Å². The fourth-order valence-electron chi connectivity index (χ4n) is 4.47. The van der Waals surface area contributed by atoms with Gasteiger partial charge in [0.25, 0.3) is 0 Å². The maximum Gasteiger partial charge on any atom is 0.394 e. The molecule has 2 fully saturated rings. The molecule has 0 amide bonds. The van der Waals surface area contributed by atoms with Crippen LogP contribution in [0.1, 0.15) is 51.9 Å². The summed E-state index contributed by atoms with van der Waals surface area (Å²) in [5.74, 6) is -0.967. The number of aliphatic carboxylic acids is 1. The molecular weight excluding hydrogens is 359 g/mol. The second kappa shape index (κ2) is 7.60. The average Bonchev–Trinajstić information content (AvgIpc) is 2.58. The zero-order valence-electron chi connectivity index (χ0n) is 15.5. The highest BCUT2D eigenvalue weighted by Crippen LogP contribution is 2.47. The first kappa shape index (κ1) is 19.8.